The second-order valence-corrected chi connectivity index (χ2v) is 9.17. The fraction of sp³-hybridized carbons (Fsp3) is 0.444. The summed E-state index contributed by atoms with van der Waals surface area (Å²) in [4.78, 5) is 36.2. The Morgan fingerprint density at radius 2 is 1.69 bits per heavy atom. The lowest BCUT2D eigenvalue weighted by atomic mass is 9.85. The summed E-state index contributed by atoms with van der Waals surface area (Å²) in [6.07, 6.45) is 1.58. The third-order valence-corrected chi connectivity index (χ3v) is 6.97. The molecular weight excluding hydrogens is 448 g/mol. The van der Waals surface area contributed by atoms with Crippen LogP contribution >= 0.6 is 0 Å². The number of benzene rings is 2. The lowest BCUT2D eigenvalue weighted by Crippen LogP contribution is -2.45. The molecule has 4 rings (SSSR count). The molecule has 0 radical (unpaired) electrons. The number of carboxylic acids is 1. The van der Waals surface area contributed by atoms with Crippen molar-refractivity contribution in [3.8, 4) is 11.1 Å². The Kier molecular flexibility index (Phi) is 8.02. The molecular formula is C27H32N2O6. The SMILES string of the molecule is COC(CCNC(=O)OCC1c2ccccc2-c2ccccc21)C(=O)NC1CCCC(C(=O)O)C1. The third-order valence-electron chi connectivity index (χ3n) is 6.97. The minimum Gasteiger partial charge on any atom is -0.481 e. The molecule has 186 valence electrons. The quantitative estimate of drug-likeness (QED) is 0.504. The predicted octanol–water partition coefficient (Wildman–Crippen LogP) is 3.69. The van der Waals surface area contributed by atoms with E-state index in [0.717, 1.165) is 24.0 Å². The normalized spacial score (nSPS) is 19.8. The van der Waals surface area contributed by atoms with Gasteiger partial charge in [-0.3, -0.25) is 9.59 Å². The number of fused-ring (bicyclic) bond motifs is 3. The van der Waals surface area contributed by atoms with Crippen molar-refractivity contribution in [3.05, 3.63) is 59.7 Å². The van der Waals surface area contributed by atoms with Crippen LogP contribution in [0.25, 0.3) is 11.1 Å². The fourth-order valence-corrected chi connectivity index (χ4v) is 5.15. The van der Waals surface area contributed by atoms with Gasteiger partial charge in [0.15, 0.2) is 0 Å². The van der Waals surface area contributed by atoms with Crippen LogP contribution in [0.3, 0.4) is 0 Å². The Hall–Kier alpha value is -3.39. The highest BCUT2D eigenvalue weighted by molar-refractivity contribution is 5.81. The predicted molar refractivity (Wildman–Crippen MR) is 130 cm³/mol. The standard InChI is InChI=1S/C27H32N2O6/c1-34-24(25(30)29-18-8-6-7-17(15-18)26(31)32)13-14-28-27(33)35-16-23-21-11-4-2-9-19(21)20-10-3-5-12-22(20)23/h2-5,9-12,17-18,23-24H,6-8,13-16H2,1H3,(H,28,33)(H,29,30)(H,31,32). The van der Waals surface area contributed by atoms with Crippen molar-refractivity contribution >= 4 is 18.0 Å². The third kappa shape index (κ3) is 5.82. The smallest absolute Gasteiger partial charge is 0.407 e. The minimum absolute atomic E-state index is 0.0178. The number of carbonyl (C=O) groups is 3. The number of methoxy groups -OCH3 is 1. The summed E-state index contributed by atoms with van der Waals surface area (Å²) in [6, 6.07) is 16.1. The van der Waals surface area contributed by atoms with E-state index < -0.39 is 24.1 Å². The van der Waals surface area contributed by atoms with Gasteiger partial charge < -0.3 is 25.2 Å². The number of carboxylic acid groups (broad SMARTS) is 1. The molecule has 1 fully saturated rings. The number of nitrogens with one attached hydrogen (secondary N) is 2. The first-order valence-electron chi connectivity index (χ1n) is 12.1. The van der Waals surface area contributed by atoms with Gasteiger partial charge in [0.1, 0.15) is 12.7 Å². The minimum atomic E-state index is -0.820. The highest BCUT2D eigenvalue weighted by atomic mass is 16.5. The van der Waals surface area contributed by atoms with Crippen molar-refractivity contribution in [1.29, 1.82) is 0 Å². The first kappa shape index (κ1) is 24.7. The molecule has 0 bridgehead atoms. The van der Waals surface area contributed by atoms with Crippen LogP contribution in [0.5, 0.6) is 0 Å². The monoisotopic (exact) mass is 480 g/mol. The van der Waals surface area contributed by atoms with Crippen molar-refractivity contribution in [2.24, 2.45) is 5.92 Å². The lowest BCUT2D eigenvalue weighted by molar-refractivity contribution is -0.143. The first-order valence-corrected chi connectivity index (χ1v) is 12.1. The highest BCUT2D eigenvalue weighted by Gasteiger charge is 2.30. The van der Waals surface area contributed by atoms with Crippen molar-refractivity contribution < 1.29 is 29.0 Å². The Balaban J connectivity index is 1.23. The summed E-state index contributed by atoms with van der Waals surface area (Å²) in [5, 5.41) is 14.8. The van der Waals surface area contributed by atoms with Crippen LogP contribution in [0.2, 0.25) is 0 Å². The van der Waals surface area contributed by atoms with Gasteiger partial charge in [0.2, 0.25) is 5.91 Å². The number of hydrogen-bond acceptors (Lipinski definition) is 5. The molecule has 8 heteroatoms. The van der Waals surface area contributed by atoms with Gasteiger partial charge in [0, 0.05) is 32.0 Å². The lowest BCUT2D eigenvalue weighted by Gasteiger charge is -2.28. The van der Waals surface area contributed by atoms with E-state index in [9.17, 15) is 19.5 Å². The second kappa shape index (κ2) is 11.4. The maximum absolute atomic E-state index is 12.6. The Morgan fingerprint density at radius 1 is 1.03 bits per heavy atom. The Bertz CT molecular complexity index is 1030. The zero-order valence-corrected chi connectivity index (χ0v) is 19.9. The molecule has 2 aliphatic carbocycles. The van der Waals surface area contributed by atoms with Crippen LogP contribution in [0.1, 0.15) is 49.1 Å². The Morgan fingerprint density at radius 3 is 2.31 bits per heavy atom. The summed E-state index contributed by atoms with van der Waals surface area (Å²) in [5.74, 6) is -1.56. The van der Waals surface area contributed by atoms with Crippen LogP contribution in [-0.4, -0.2) is 55.5 Å². The molecule has 0 aromatic heterocycles. The van der Waals surface area contributed by atoms with E-state index in [0.29, 0.717) is 12.8 Å². The van der Waals surface area contributed by atoms with Crippen LogP contribution in [0.4, 0.5) is 4.79 Å². The van der Waals surface area contributed by atoms with Gasteiger partial charge in [0.25, 0.3) is 0 Å². The van der Waals surface area contributed by atoms with E-state index in [2.05, 4.69) is 34.9 Å². The second-order valence-electron chi connectivity index (χ2n) is 9.17. The van der Waals surface area contributed by atoms with Gasteiger partial charge in [-0.25, -0.2) is 4.79 Å². The molecule has 2 amide bonds. The van der Waals surface area contributed by atoms with E-state index in [4.69, 9.17) is 9.47 Å². The van der Waals surface area contributed by atoms with Gasteiger partial charge in [-0.2, -0.15) is 0 Å². The maximum atomic E-state index is 12.6. The topological polar surface area (TPSA) is 114 Å². The van der Waals surface area contributed by atoms with Crippen LogP contribution in [-0.2, 0) is 19.1 Å². The van der Waals surface area contributed by atoms with Crippen LogP contribution in [0, 0.1) is 5.92 Å². The van der Waals surface area contributed by atoms with E-state index in [1.165, 1.54) is 18.2 Å². The van der Waals surface area contributed by atoms with Crippen molar-refractivity contribution in [3.63, 3.8) is 0 Å². The van der Waals surface area contributed by atoms with E-state index in [-0.39, 0.29) is 37.4 Å². The van der Waals surface area contributed by atoms with Crippen LogP contribution in [0.15, 0.2) is 48.5 Å². The molecule has 0 spiro atoms. The zero-order chi connectivity index (χ0) is 24.8. The van der Waals surface area contributed by atoms with Crippen molar-refractivity contribution in [2.45, 2.75) is 50.2 Å². The average Bonchev–Trinajstić information content (AvgIpc) is 3.19. The summed E-state index contributed by atoms with van der Waals surface area (Å²) in [5.41, 5.74) is 4.62. The molecule has 3 unspecified atom stereocenters. The number of carbonyl (C=O) groups excluding carboxylic acids is 2. The molecule has 0 aliphatic heterocycles. The highest BCUT2D eigenvalue weighted by Crippen LogP contribution is 2.44. The van der Waals surface area contributed by atoms with Crippen LogP contribution < -0.4 is 10.6 Å². The van der Waals surface area contributed by atoms with Gasteiger partial charge in [-0.05, 0) is 41.5 Å². The number of rotatable bonds is 9. The molecule has 0 heterocycles. The Labute approximate surface area is 205 Å². The average molecular weight is 481 g/mol. The van der Waals surface area contributed by atoms with Gasteiger partial charge >= 0.3 is 12.1 Å². The fourth-order valence-electron chi connectivity index (χ4n) is 5.15. The van der Waals surface area contributed by atoms with E-state index in [1.54, 1.807) is 0 Å². The molecule has 8 nitrogen and oxygen atoms in total. The molecule has 1 saturated carbocycles. The maximum Gasteiger partial charge on any atom is 0.407 e. The summed E-state index contributed by atoms with van der Waals surface area (Å²) in [7, 11) is 1.44. The number of ether oxygens (including phenoxy) is 2. The van der Waals surface area contributed by atoms with E-state index >= 15 is 0 Å². The first-order chi connectivity index (χ1) is 17.0. The zero-order valence-electron chi connectivity index (χ0n) is 19.9. The molecule has 0 saturated heterocycles. The summed E-state index contributed by atoms with van der Waals surface area (Å²) < 4.78 is 10.8. The van der Waals surface area contributed by atoms with Gasteiger partial charge in [-0.1, -0.05) is 55.0 Å². The molecule has 2 aliphatic rings. The molecule has 2 aromatic carbocycles. The van der Waals surface area contributed by atoms with Crippen molar-refractivity contribution in [2.75, 3.05) is 20.3 Å². The number of hydrogen-bond donors (Lipinski definition) is 3. The van der Waals surface area contributed by atoms with Gasteiger partial charge in [-0.15, -0.1) is 0 Å². The number of alkyl carbamates (subject to hydrolysis) is 1. The van der Waals surface area contributed by atoms with Gasteiger partial charge in [0.05, 0.1) is 5.92 Å². The molecule has 35 heavy (non-hydrogen) atoms. The molecule has 2 aromatic rings. The largest absolute Gasteiger partial charge is 0.481 e. The molecule has 3 N–H and O–H groups in total. The van der Waals surface area contributed by atoms with E-state index in [1.807, 2.05) is 24.3 Å². The van der Waals surface area contributed by atoms with Crippen molar-refractivity contribution in [1.82, 2.24) is 10.6 Å². The summed E-state index contributed by atoms with van der Waals surface area (Å²) in [6.45, 7) is 0.436. The summed E-state index contributed by atoms with van der Waals surface area (Å²) >= 11 is 0. The number of aliphatic carboxylic acids is 1. The number of amides is 2. The molecule has 3 atom stereocenters.